The van der Waals surface area contributed by atoms with Crippen LogP contribution < -0.4 is 9.70 Å². The second-order valence-corrected chi connectivity index (χ2v) is 6.06. The third kappa shape index (κ3) is 4.01. The fourth-order valence-electron chi connectivity index (χ4n) is 2.19. The normalized spacial score (nSPS) is 11.6. The molecule has 0 spiro atoms. The smallest absolute Gasteiger partial charge is 0.308 e. The fraction of sp³-hybridized carbons (Fsp3) is 0.438. The van der Waals surface area contributed by atoms with Crippen molar-refractivity contribution in [2.75, 3.05) is 32.1 Å². The highest BCUT2D eigenvalue weighted by Gasteiger charge is 2.16. The fourth-order valence-corrected chi connectivity index (χ4v) is 3.06. The van der Waals surface area contributed by atoms with Crippen LogP contribution in [0.5, 0.6) is 0 Å². The third-order valence-electron chi connectivity index (χ3n) is 3.65. The molecule has 1 amide bonds. The molecule has 24 heavy (non-hydrogen) atoms. The highest BCUT2D eigenvalue weighted by atomic mass is 32.1. The van der Waals surface area contributed by atoms with E-state index in [1.54, 1.807) is 18.8 Å². The van der Waals surface area contributed by atoms with Crippen molar-refractivity contribution in [2.24, 2.45) is 12.0 Å². The van der Waals surface area contributed by atoms with Crippen LogP contribution in [0.15, 0.2) is 29.3 Å². The molecule has 0 aliphatic rings. The van der Waals surface area contributed by atoms with Gasteiger partial charge in [0.2, 0.25) is 9.81 Å². The molecule has 130 valence electrons. The molecule has 8 heteroatoms. The van der Waals surface area contributed by atoms with Gasteiger partial charge < -0.3 is 4.90 Å². The molecule has 0 fully saturated rings. The number of hydroxylamine groups is 2. The maximum absolute atomic E-state index is 12.1. The number of rotatable bonds is 6. The van der Waals surface area contributed by atoms with Crippen LogP contribution in [0.25, 0.3) is 0 Å². The Morgan fingerprint density at radius 2 is 1.92 bits per heavy atom. The Balaban J connectivity index is 2.28. The van der Waals surface area contributed by atoms with Gasteiger partial charge in [0.15, 0.2) is 0 Å². The van der Waals surface area contributed by atoms with Crippen LogP contribution in [-0.2, 0) is 11.9 Å². The van der Waals surface area contributed by atoms with Gasteiger partial charge in [0.05, 0.1) is 12.8 Å². The van der Waals surface area contributed by atoms with Gasteiger partial charge in [0.25, 0.3) is 0 Å². The SMILES string of the molecule is CCN(CC)c1ccc(N=c2sc(C(=O)N(C)OC)nn2C)cc1. The van der Waals surface area contributed by atoms with Gasteiger partial charge in [0, 0.05) is 32.9 Å². The van der Waals surface area contributed by atoms with Crippen LogP contribution in [0.4, 0.5) is 11.4 Å². The molecular weight excluding hydrogens is 326 g/mol. The number of aromatic nitrogens is 2. The molecule has 2 aromatic rings. The van der Waals surface area contributed by atoms with Crippen LogP contribution >= 0.6 is 11.3 Å². The number of carbonyl (C=O) groups is 1. The van der Waals surface area contributed by atoms with Crippen LogP contribution in [0.3, 0.4) is 0 Å². The number of hydrogen-bond acceptors (Lipinski definition) is 6. The average Bonchev–Trinajstić information content (AvgIpc) is 2.96. The Bertz CT molecular complexity index is 747. The first kappa shape index (κ1) is 18.2. The van der Waals surface area contributed by atoms with E-state index in [0.29, 0.717) is 9.81 Å². The molecule has 0 N–H and O–H groups in total. The van der Waals surface area contributed by atoms with Crippen LogP contribution in [0.2, 0.25) is 0 Å². The van der Waals surface area contributed by atoms with E-state index in [0.717, 1.165) is 23.8 Å². The predicted molar refractivity (Wildman–Crippen MR) is 95.4 cm³/mol. The van der Waals surface area contributed by atoms with Crippen molar-refractivity contribution in [3.63, 3.8) is 0 Å². The summed E-state index contributed by atoms with van der Waals surface area (Å²) in [5.41, 5.74) is 1.99. The summed E-state index contributed by atoms with van der Waals surface area (Å²) in [7, 11) is 4.75. The number of anilines is 1. The van der Waals surface area contributed by atoms with Crippen LogP contribution in [-0.4, -0.2) is 48.0 Å². The minimum absolute atomic E-state index is 0.295. The average molecular weight is 349 g/mol. The second kappa shape index (κ2) is 8.07. The van der Waals surface area contributed by atoms with E-state index in [9.17, 15) is 4.79 Å². The minimum atomic E-state index is -0.295. The Morgan fingerprint density at radius 1 is 1.29 bits per heavy atom. The van der Waals surface area contributed by atoms with Crippen molar-refractivity contribution in [1.82, 2.24) is 14.8 Å². The number of hydrogen-bond donors (Lipinski definition) is 0. The zero-order chi connectivity index (χ0) is 17.7. The van der Waals surface area contributed by atoms with Gasteiger partial charge in [-0.25, -0.2) is 14.7 Å². The first-order valence-electron chi connectivity index (χ1n) is 7.76. The quantitative estimate of drug-likeness (QED) is 0.750. The van der Waals surface area contributed by atoms with E-state index in [1.807, 2.05) is 12.1 Å². The van der Waals surface area contributed by atoms with E-state index >= 15 is 0 Å². The zero-order valence-electron chi connectivity index (χ0n) is 14.7. The first-order valence-corrected chi connectivity index (χ1v) is 8.57. The van der Waals surface area contributed by atoms with E-state index in [4.69, 9.17) is 4.84 Å². The Labute approximate surface area is 145 Å². The molecule has 0 radical (unpaired) electrons. The molecule has 1 aromatic heterocycles. The molecular formula is C16H23N5O2S. The van der Waals surface area contributed by atoms with Crippen LogP contribution in [0, 0.1) is 0 Å². The number of benzene rings is 1. The summed E-state index contributed by atoms with van der Waals surface area (Å²) >= 11 is 1.23. The van der Waals surface area contributed by atoms with Crippen molar-refractivity contribution in [1.29, 1.82) is 0 Å². The van der Waals surface area contributed by atoms with Gasteiger partial charge in [-0.2, -0.15) is 5.10 Å². The lowest BCUT2D eigenvalue weighted by molar-refractivity contribution is -0.0757. The standard InChI is InChI=1S/C16H23N5O2S/c1-6-21(7-2)13-10-8-12(9-11-13)17-16-19(3)18-14(24-16)15(22)20(4)23-5/h8-11H,6-7H2,1-5H3. The summed E-state index contributed by atoms with van der Waals surface area (Å²) in [5.74, 6) is -0.295. The molecule has 0 saturated heterocycles. The van der Waals surface area contributed by atoms with Crippen molar-refractivity contribution >= 4 is 28.6 Å². The van der Waals surface area contributed by atoms with Crippen molar-refractivity contribution in [3.8, 4) is 0 Å². The lowest BCUT2D eigenvalue weighted by Gasteiger charge is -2.20. The molecule has 0 aliphatic carbocycles. The summed E-state index contributed by atoms with van der Waals surface area (Å²) in [4.78, 5) is 24.5. The van der Waals surface area contributed by atoms with Gasteiger partial charge in [-0.05, 0) is 38.1 Å². The number of nitrogens with zero attached hydrogens (tertiary/aromatic N) is 5. The molecule has 0 bridgehead atoms. The second-order valence-electron chi connectivity index (χ2n) is 5.10. The van der Waals surface area contributed by atoms with Gasteiger partial charge in [-0.1, -0.05) is 11.3 Å². The molecule has 0 unspecified atom stereocenters. The van der Waals surface area contributed by atoms with E-state index in [1.165, 1.54) is 24.1 Å². The number of aryl methyl sites for hydroxylation is 1. The molecule has 1 heterocycles. The summed E-state index contributed by atoms with van der Waals surface area (Å²) < 4.78 is 1.60. The summed E-state index contributed by atoms with van der Waals surface area (Å²) in [6.07, 6.45) is 0. The van der Waals surface area contributed by atoms with E-state index < -0.39 is 0 Å². The maximum Gasteiger partial charge on any atom is 0.308 e. The highest BCUT2D eigenvalue weighted by Crippen LogP contribution is 2.19. The Morgan fingerprint density at radius 3 is 2.46 bits per heavy atom. The monoisotopic (exact) mass is 349 g/mol. The minimum Gasteiger partial charge on any atom is -0.372 e. The lowest BCUT2D eigenvalue weighted by Crippen LogP contribution is -2.25. The first-order chi connectivity index (χ1) is 11.5. The maximum atomic E-state index is 12.1. The van der Waals surface area contributed by atoms with Crippen molar-refractivity contribution in [3.05, 3.63) is 34.1 Å². The van der Waals surface area contributed by atoms with Gasteiger partial charge in [-0.3, -0.25) is 9.63 Å². The summed E-state index contributed by atoms with van der Waals surface area (Å²) in [5, 5.41) is 5.68. The van der Waals surface area contributed by atoms with E-state index in [-0.39, 0.29) is 5.91 Å². The molecule has 7 nitrogen and oxygen atoms in total. The van der Waals surface area contributed by atoms with Gasteiger partial charge >= 0.3 is 5.91 Å². The molecule has 2 rings (SSSR count). The molecule has 0 saturated carbocycles. The molecule has 1 aromatic carbocycles. The Kier molecular flexibility index (Phi) is 6.10. The summed E-state index contributed by atoms with van der Waals surface area (Å²) in [6.45, 7) is 6.20. The summed E-state index contributed by atoms with van der Waals surface area (Å²) in [6, 6.07) is 8.04. The van der Waals surface area contributed by atoms with Gasteiger partial charge in [0.1, 0.15) is 0 Å². The topological polar surface area (TPSA) is 63.0 Å². The van der Waals surface area contributed by atoms with Crippen molar-refractivity contribution in [2.45, 2.75) is 13.8 Å². The highest BCUT2D eigenvalue weighted by molar-refractivity contribution is 7.10. The zero-order valence-corrected chi connectivity index (χ0v) is 15.5. The van der Waals surface area contributed by atoms with Crippen LogP contribution in [0.1, 0.15) is 23.6 Å². The Hall–Kier alpha value is -2.19. The molecule has 0 aliphatic heterocycles. The number of amides is 1. The van der Waals surface area contributed by atoms with E-state index in [2.05, 4.69) is 41.0 Å². The van der Waals surface area contributed by atoms with Crippen molar-refractivity contribution < 1.29 is 9.63 Å². The number of carbonyl (C=O) groups excluding carboxylic acids is 1. The third-order valence-corrected chi connectivity index (χ3v) is 4.64. The van der Waals surface area contributed by atoms with Gasteiger partial charge in [-0.15, -0.1) is 0 Å². The largest absolute Gasteiger partial charge is 0.372 e. The predicted octanol–water partition coefficient (Wildman–Crippen LogP) is 2.19. The molecule has 0 atom stereocenters. The lowest BCUT2D eigenvalue weighted by atomic mass is 10.2.